The SMILES string of the molecule is OC(c1ccccc1)C(C(F)(F)F)(C(F)(F)F)C(F)(F)F. The number of halogens is 9. The van der Waals surface area contributed by atoms with Gasteiger partial charge in [0.25, 0.3) is 5.41 Å². The van der Waals surface area contributed by atoms with E-state index < -0.39 is 35.6 Å². The molecule has 0 bridgehead atoms. The van der Waals surface area contributed by atoms with E-state index in [1.807, 2.05) is 0 Å². The van der Waals surface area contributed by atoms with Crippen LogP contribution in [-0.2, 0) is 0 Å². The van der Waals surface area contributed by atoms with Crippen molar-refractivity contribution in [1.82, 2.24) is 0 Å². The number of hydrogen-bond acceptors (Lipinski definition) is 1. The van der Waals surface area contributed by atoms with Gasteiger partial charge in [-0.2, -0.15) is 39.5 Å². The standard InChI is InChI=1S/C11H7F9O/c12-9(13,14)8(10(15,16)17,11(18,19)20)7(21)6-4-2-1-3-5-6/h1-5,7,21H. The summed E-state index contributed by atoms with van der Waals surface area (Å²) in [5, 5.41) is 9.28. The maximum absolute atomic E-state index is 12.7. The molecule has 1 nitrogen and oxygen atoms in total. The summed E-state index contributed by atoms with van der Waals surface area (Å²) >= 11 is 0. The van der Waals surface area contributed by atoms with Gasteiger partial charge >= 0.3 is 18.5 Å². The highest BCUT2D eigenvalue weighted by molar-refractivity contribution is 5.23. The van der Waals surface area contributed by atoms with Crippen LogP contribution in [0.5, 0.6) is 0 Å². The Balaban J connectivity index is 3.67. The predicted molar refractivity (Wildman–Crippen MR) is 52.0 cm³/mol. The highest BCUT2D eigenvalue weighted by Gasteiger charge is 2.86. The molecule has 1 rings (SSSR count). The zero-order valence-electron chi connectivity index (χ0n) is 9.81. The summed E-state index contributed by atoms with van der Waals surface area (Å²) in [6, 6.07) is 4.07. The van der Waals surface area contributed by atoms with Gasteiger partial charge in [0.1, 0.15) is 6.10 Å². The molecule has 0 saturated heterocycles. The Morgan fingerprint density at radius 3 is 1.29 bits per heavy atom. The lowest BCUT2D eigenvalue weighted by Gasteiger charge is -2.41. The molecule has 1 atom stereocenters. The normalized spacial score (nSPS) is 15.9. The summed E-state index contributed by atoms with van der Waals surface area (Å²) in [7, 11) is 0. The Morgan fingerprint density at radius 1 is 0.667 bits per heavy atom. The van der Waals surface area contributed by atoms with Gasteiger partial charge in [-0.05, 0) is 5.56 Å². The minimum atomic E-state index is -6.79. The molecule has 0 aromatic heterocycles. The topological polar surface area (TPSA) is 20.2 Å². The lowest BCUT2D eigenvalue weighted by Crippen LogP contribution is -2.62. The van der Waals surface area contributed by atoms with E-state index in [-0.39, 0.29) is 0 Å². The van der Waals surface area contributed by atoms with Crippen LogP contribution in [0.25, 0.3) is 0 Å². The third-order valence-electron chi connectivity index (χ3n) is 2.87. The summed E-state index contributed by atoms with van der Waals surface area (Å²) in [5.41, 5.74) is -7.42. The number of alkyl halides is 9. The Bertz CT molecular complexity index is 435. The van der Waals surface area contributed by atoms with Crippen LogP contribution in [0.2, 0.25) is 0 Å². The average molecular weight is 326 g/mol. The molecule has 0 saturated carbocycles. The first-order valence-electron chi connectivity index (χ1n) is 5.20. The lowest BCUT2D eigenvalue weighted by molar-refractivity contribution is -0.449. The Hall–Kier alpha value is -1.45. The van der Waals surface area contributed by atoms with Crippen LogP contribution in [-0.4, -0.2) is 23.6 Å². The maximum Gasteiger partial charge on any atom is 0.415 e. The maximum atomic E-state index is 12.7. The summed E-state index contributed by atoms with van der Waals surface area (Å²) in [5.74, 6) is 0. The molecule has 10 heteroatoms. The number of hydrogen-bond donors (Lipinski definition) is 1. The minimum Gasteiger partial charge on any atom is -0.387 e. The van der Waals surface area contributed by atoms with Crippen LogP contribution in [0.1, 0.15) is 11.7 Å². The molecule has 1 N–H and O–H groups in total. The summed E-state index contributed by atoms with van der Waals surface area (Å²) in [6.45, 7) is 0. The van der Waals surface area contributed by atoms with Crippen molar-refractivity contribution in [3.63, 3.8) is 0 Å². The van der Waals surface area contributed by atoms with Crippen LogP contribution < -0.4 is 0 Å². The fourth-order valence-electron chi connectivity index (χ4n) is 1.83. The number of aliphatic hydroxyl groups is 1. The van der Waals surface area contributed by atoms with Crippen molar-refractivity contribution < 1.29 is 44.6 Å². The summed E-state index contributed by atoms with van der Waals surface area (Å²) in [6.07, 6.45) is -24.3. The lowest BCUT2D eigenvalue weighted by atomic mass is 9.76. The van der Waals surface area contributed by atoms with E-state index >= 15 is 0 Å². The van der Waals surface area contributed by atoms with Crippen LogP contribution in [0.4, 0.5) is 39.5 Å². The molecule has 1 aromatic rings. The van der Waals surface area contributed by atoms with E-state index in [2.05, 4.69) is 0 Å². The molecule has 0 fully saturated rings. The van der Waals surface area contributed by atoms with Gasteiger partial charge in [0.05, 0.1) is 0 Å². The van der Waals surface area contributed by atoms with E-state index in [1.165, 1.54) is 0 Å². The van der Waals surface area contributed by atoms with E-state index in [4.69, 9.17) is 0 Å². The van der Waals surface area contributed by atoms with Gasteiger partial charge in [0.15, 0.2) is 0 Å². The third-order valence-corrected chi connectivity index (χ3v) is 2.87. The van der Waals surface area contributed by atoms with Crippen LogP contribution in [0.3, 0.4) is 0 Å². The summed E-state index contributed by atoms with van der Waals surface area (Å²) in [4.78, 5) is 0. The van der Waals surface area contributed by atoms with Crippen molar-refractivity contribution in [2.24, 2.45) is 5.41 Å². The Morgan fingerprint density at radius 2 is 1.00 bits per heavy atom. The Labute approximate surface area is 112 Å². The number of rotatable bonds is 2. The monoisotopic (exact) mass is 326 g/mol. The van der Waals surface area contributed by atoms with Crippen LogP contribution >= 0.6 is 0 Å². The molecule has 21 heavy (non-hydrogen) atoms. The van der Waals surface area contributed by atoms with Gasteiger partial charge in [-0.3, -0.25) is 0 Å². The fourth-order valence-corrected chi connectivity index (χ4v) is 1.83. The van der Waals surface area contributed by atoms with Crippen LogP contribution in [0, 0.1) is 5.41 Å². The zero-order chi connectivity index (χ0) is 16.7. The number of aliphatic hydroxyl groups excluding tert-OH is 1. The second kappa shape index (κ2) is 5.08. The highest BCUT2D eigenvalue weighted by Crippen LogP contribution is 2.64. The van der Waals surface area contributed by atoms with Crippen molar-refractivity contribution in [1.29, 1.82) is 0 Å². The average Bonchev–Trinajstić information content (AvgIpc) is 2.24. The van der Waals surface area contributed by atoms with Gasteiger partial charge in [-0.1, -0.05) is 30.3 Å². The smallest absolute Gasteiger partial charge is 0.387 e. The molecule has 0 amide bonds. The van der Waals surface area contributed by atoms with Crippen molar-refractivity contribution in [2.45, 2.75) is 24.6 Å². The molecule has 0 aliphatic carbocycles. The molecule has 0 radical (unpaired) electrons. The second-order valence-electron chi connectivity index (χ2n) is 4.11. The summed E-state index contributed by atoms with van der Waals surface area (Å²) < 4.78 is 114. The van der Waals surface area contributed by atoms with E-state index in [0.717, 1.165) is 18.2 Å². The van der Waals surface area contributed by atoms with Gasteiger partial charge in [0, 0.05) is 0 Å². The van der Waals surface area contributed by atoms with Crippen molar-refractivity contribution in [2.75, 3.05) is 0 Å². The highest BCUT2D eigenvalue weighted by atomic mass is 19.4. The Kier molecular flexibility index (Phi) is 4.25. The first-order chi connectivity index (χ1) is 9.27. The molecular weight excluding hydrogens is 319 g/mol. The quantitative estimate of drug-likeness (QED) is 0.799. The fraction of sp³-hybridized carbons (Fsp3) is 0.455. The molecule has 0 spiro atoms. The van der Waals surface area contributed by atoms with E-state index in [0.29, 0.717) is 12.1 Å². The van der Waals surface area contributed by atoms with Gasteiger partial charge in [0.2, 0.25) is 0 Å². The minimum absolute atomic E-state index is 0.544. The zero-order valence-corrected chi connectivity index (χ0v) is 9.81. The predicted octanol–water partition coefficient (Wildman–Crippen LogP) is 4.39. The largest absolute Gasteiger partial charge is 0.415 e. The van der Waals surface area contributed by atoms with Crippen molar-refractivity contribution in [3.8, 4) is 0 Å². The third kappa shape index (κ3) is 2.68. The molecular formula is C11H7F9O. The first-order valence-corrected chi connectivity index (χ1v) is 5.20. The van der Waals surface area contributed by atoms with E-state index in [1.54, 1.807) is 0 Å². The van der Waals surface area contributed by atoms with Crippen molar-refractivity contribution >= 4 is 0 Å². The number of benzene rings is 1. The van der Waals surface area contributed by atoms with Gasteiger partial charge in [-0.25, -0.2) is 0 Å². The molecule has 0 aliphatic rings. The van der Waals surface area contributed by atoms with Crippen molar-refractivity contribution in [3.05, 3.63) is 35.9 Å². The first kappa shape index (κ1) is 17.6. The molecule has 0 heterocycles. The molecule has 1 unspecified atom stereocenters. The van der Waals surface area contributed by atoms with E-state index in [9.17, 15) is 44.6 Å². The molecule has 1 aromatic carbocycles. The molecule has 120 valence electrons. The van der Waals surface area contributed by atoms with Gasteiger partial charge in [-0.15, -0.1) is 0 Å². The van der Waals surface area contributed by atoms with Crippen LogP contribution in [0.15, 0.2) is 30.3 Å². The van der Waals surface area contributed by atoms with Gasteiger partial charge < -0.3 is 5.11 Å². The second-order valence-corrected chi connectivity index (χ2v) is 4.11. The molecule has 0 aliphatic heterocycles.